The summed E-state index contributed by atoms with van der Waals surface area (Å²) in [6.07, 6.45) is 3.83. The van der Waals surface area contributed by atoms with Gasteiger partial charge in [0.05, 0.1) is 6.10 Å². The van der Waals surface area contributed by atoms with Crippen molar-refractivity contribution in [1.29, 1.82) is 0 Å². The number of rotatable bonds is 2. The molecule has 2 fully saturated rings. The SMILES string of the molecule is O=C1CCN(CC2CCCCO2)C1=O. The van der Waals surface area contributed by atoms with E-state index in [0.29, 0.717) is 19.5 Å². The Kier molecular flexibility index (Phi) is 2.82. The van der Waals surface area contributed by atoms with Crippen molar-refractivity contribution in [2.45, 2.75) is 31.8 Å². The summed E-state index contributed by atoms with van der Waals surface area (Å²) < 4.78 is 5.52. The average molecular weight is 197 g/mol. The Balaban J connectivity index is 1.85. The van der Waals surface area contributed by atoms with Gasteiger partial charge in [-0.15, -0.1) is 0 Å². The molecule has 0 aromatic heterocycles. The number of Topliss-reactive ketones (excluding diaryl/α,β-unsaturated/α-hetero) is 1. The molecule has 0 spiro atoms. The number of carbonyl (C=O) groups is 2. The minimum atomic E-state index is -0.320. The monoisotopic (exact) mass is 197 g/mol. The lowest BCUT2D eigenvalue weighted by molar-refractivity contribution is -0.141. The van der Waals surface area contributed by atoms with E-state index < -0.39 is 0 Å². The van der Waals surface area contributed by atoms with Crippen molar-refractivity contribution in [3.8, 4) is 0 Å². The van der Waals surface area contributed by atoms with Crippen LogP contribution in [0.2, 0.25) is 0 Å². The molecule has 14 heavy (non-hydrogen) atoms. The number of carbonyl (C=O) groups excluding carboxylic acids is 2. The van der Waals surface area contributed by atoms with Crippen molar-refractivity contribution in [3.63, 3.8) is 0 Å². The van der Waals surface area contributed by atoms with Crippen LogP contribution in [0.25, 0.3) is 0 Å². The first-order valence-corrected chi connectivity index (χ1v) is 5.21. The maximum Gasteiger partial charge on any atom is 0.290 e. The zero-order valence-corrected chi connectivity index (χ0v) is 8.20. The van der Waals surface area contributed by atoms with Gasteiger partial charge in [0.15, 0.2) is 0 Å². The quantitative estimate of drug-likeness (QED) is 0.600. The summed E-state index contributed by atoms with van der Waals surface area (Å²) in [6, 6.07) is 0. The lowest BCUT2D eigenvalue weighted by Crippen LogP contribution is -2.37. The Morgan fingerprint density at radius 3 is 2.79 bits per heavy atom. The zero-order chi connectivity index (χ0) is 9.97. The van der Waals surface area contributed by atoms with Crippen LogP contribution in [0.1, 0.15) is 25.7 Å². The van der Waals surface area contributed by atoms with Crippen molar-refractivity contribution in [2.24, 2.45) is 0 Å². The number of ether oxygens (including phenoxy) is 1. The van der Waals surface area contributed by atoms with Crippen molar-refractivity contribution in [2.75, 3.05) is 19.7 Å². The van der Waals surface area contributed by atoms with Crippen LogP contribution in [-0.2, 0) is 14.3 Å². The van der Waals surface area contributed by atoms with Crippen LogP contribution >= 0.6 is 0 Å². The minimum absolute atomic E-state index is 0.151. The predicted molar refractivity (Wildman–Crippen MR) is 49.8 cm³/mol. The molecule has 0 aromatic rings. The molecule has 1 unspecified atom stereocenters. The second kappa shape index (κ2) is 4.09. The fourth-order valence-electron chi connectivity index (χ4n) is 1.99. The molecule has 2 aliphatic heterocycles. The van der Waals surface area contributed by atoms with Crippen molar-refractivity contribution < 1.29 is 14.3 Å². The molecule has 1 atom stereocenters. The normalized spacial score (nSPS) is 28.6. The Hall–Kier alpha value is -0.900. The second-order valence-corrected chi connectivity index (χ2v) is 3.91. The van der Waals surface area contributed by atoms with E-state index in [4.69, 9.17) is 4.74 Å². The first-order valence-electron chi connectivity index (χ1n) is 5.21. The van der Waals surface area contributed by atoms with Gasteiger partial charge in [-0.1, -0.05) is 0 Å². The summed E-state index contributed by atoms with van der Waals surface area (Å²) in [7, 11) is 0. The average Bonchev–Trinajstić information content (AvgIpc) is 2.52. The third-order valence-corrected chi connectivity index (χ3v) is 2.83. The third-order valence-electron chi connectivity index (χ3n) is 2.83. The first kappa shape index (κ1) is 9.65. The molecule has 4 heteroatoms. The van der Waals surface area contributed by atoms with Gasteiger partial charge in [-0.05, 0) is 19.3 Å². The summed E-state index contributed by atoms with van der Waals surface area (Å²) in [5, 5.41) is 0. The highest BCUT2D eigenvalue weighted by atomic mass is 16.5. The van der Waals surface area contributed by atoms with Crippen LogP contribution in [-0.4, -0.2) is 42.4 Å². The van der Waals surface area contributed by atoms with Crippen molar-refractivity contribution in [3.05, 3.63) is 0 Å². The van der Waals surface area contributed by atoms with E-state index in [1.807, 2.05) is 0 Å². The van der Waals surface area contributed by atoms with Crippen molar-refractivity contribution >= 4 is 11.7 Å². The topological polar surface area (TPSA) is 46.6 Å². The highest BCUT2D eigenvalue weighted by Crippen LogP contribution is 2.16. The smallest absolute Gasteiger partial charge is 0.290 e. The maximum atomic E-state index is 11.3. The molecule has 0 radical (unpaired) electrons. The highest BCUT2D eigenvalue weighted by molar-refractivity contribution is 6.37. The van der Waals surface area contributed by atoms with Crippen LogP contribution in [0.15, 0.2) is 0 Å². The summed E-state index contributed by atoms with van der Waals surface area (Å²) in [6.45, 7) is 1.97. The van der Waals surface area contributed by atoms with Gasteiger partial charge in [0.2, 0.25) is 5.78 Å². The van der Waals surface area contributed by atoms with Crippen LogP contribution in [0.4, 0.5) is 0 Å². The highest BCUT2D eigenvalue weighted by Gasteiger charge is 2.31. The van der Waals surface area contributed by atoms with E-state index in [9.17, 15) is 9.59 Å². The molecular weight excluding hydrogens is 182 g/mol. The van der Waals surface area contributed by atoms with Gasteiger partial charge in [0.25, 0.3) is 5.91 Å². The Labute approximate surface area is 83.2 Å². The van der Waals surface area contributed by atoms with Crippen LogP contribution in [0.3, 0.4) is 0 Å². The number of hydrogen-bond donors (Lipinski definition) is 0. The van der Waals surface area contributed by atoms with E-state index in [2.05, 4.69) is 0 Å². The molecule has 0 aromatic carbocycles. The predicted octanol–water partition coefficient (Wildman–Crippen LogP) is 0.357. The maximum absolute atomic E-state index is 11.3. The fraction of sp³-hybridized carbons (Fsp3) is 0.800. The van der Waals surface area contributed by atoms with Gasteiger partial charge in [-0.2, -0.15) is 0 Å². The van der Waals surface area contributed by atoms with Gasteiger partial charge in [0.1, 0.15) is 0 Å². The summed E-state index contributed by atoms with van der Waals surface area (Å²) in [5.74, 6) is -0.569. The van der Waals surface area contributed by atoms with Crippen LogP contribution in [0, 0.1) is 0 Å². The first-order chi connectivity index (χ1) is 6.77. The van der Waals surface area contributed by atoms with Gasteiger partial charge in [-0.25, -0.2) is 0 Å². The molecule has 2 saturated heterocycles. The lowest BCUT2D eigenvalue weighted by atomic mass is 10.1. The van der Waals surface area contributed by atoms with Gasteiger partial charge in [0, 0.05) is 26.1 Å². The molecule has 0 saturated carbocycles. The summed E-state index contributed by atoms with van der Waals surface area (Å²) in [4.78, 5) is 23.9. The molecule has 78 valence electrons. The third kappa shape index (κ3) is 1.95. The second-order valence-electron chi connectivity index (χ2n) is 3.91. The molecule has 0 N–H and O–H groups in total. The number of nitrogens with zero attached hydrogens (tertiary/aromatic N) is 1. The molecule has 1 amide bonds. The lowest BCUT2D eigenvalue weighted by Gasteiger charge is -2.26. The molecule has 4 nitrogen and oxygen atoms in total. The molecule has 0 bridgehead atoms. The summed E-state index contributed by atoms with van der Waals surface area (Å²) in [5.41, 5.74) is 0. The van der Waals surface area contributed by atoms with E-state index in [-0.39, 0.29) is 17.8 Å². The Bertz CT molecular complexity index is 246. The van der Waals surface area contributed by atoms with Gasteiger partial charge >= 0.3 is 0 Å². The Morgan fingerprint density at radius 1 is 1.36 bits per heavy atom. The van der Waals surface area contributed by atoms with E-state index >= 15 is 0 Å². The molecule has 0 aliphatic carbocycles. The molecule has 2 aliphatic rings. The summed E-state index contributed by atoms with van der Waals surface area (Å²) >= 11 is 0. The number of ketones is 1. The van der Waals surface area contributed by atoms with Gasteiger partial charge in [-0.3, -0.25) is 9.59 Å². The van der Waals surface area contributed by atoms with E-state index in [0.717, 1.165) is 19.4 Å². The zero-order valence-electron chi connectivity index (χ0n) is 8.20. The van der Waals surface area contributed by atoms with Crippen LogP contribution < -0.4 is 0 Å². The minimum Gasteiger partial charge on any atom is -0.376 e. The fourth-order valence-corrected chi connectivity index (χ4v) is 1.99. The van der Waals surface area contributed by atoms with Gasteiger partial charge < -0.3 is 9.64 Å². The number of amides is 1. The van der Waals surface area contributed by atoms with Crippen LogP contribution in [0.5, 0.6) is 0 Å². The largest absolute Gasteiger partial charge is 0.376 e. The van der Waals surface area contributed by atoms with E-state index in [1.165, 1.54) is 6.42 Å². The number of likely N-dealkylation sites (tertiary alicyclic amines) is 1. The molecule has 2 heterocycles. The standard InChI is InChI=1S/C10H15NO3/c12-9-4-5-11(10(9)13)7-8-3-1-2-6-14-8/h8H,1-7H2. The van der Waals surface area contributed by atoms with E-state index in [1.54, 1.807) is 4.90 Å². The molecular formula is C10H15NO3. The Morgan fingerprint density at radius 2 is 2.21 bits per heavy atom. The van der Waals surface area contributed by atoms with Crippen molar-refractivity contribution in [1.82, 2.24) is 4.90 Å². The number of hydrogen-bond acceptors (Lipinski definition) is 3. The molecule has 2 rings (SSSR count).